The minimum atomic E-state index is -4.57. The fourth-order valence-corrected chi connectivity index (χ4v) is 4.64. The summed E-state index contributed by atoms with van der Waals surface area (Å²) in [5.41, 5.74) is 3.96. The Morgan fingerprint density at radius 1 is 0.516 bits per heavy atom. The van der Waals surface area contributed by atoms with Gasteiger partial charge in [0.25, 0.3) is 0 Å². The van der Waals surface area contributed by atoms with Gasteiger partial charge >= 0.3 is 18.9 Å². The molecule has 0 amide bonds. The first-order valence-electron chi connectivity index (χ1n) is 9.59. The normalized spacial score (nSPS) is 11.4. The van der Waals surface area contributed by atoms with E-state index in [0.717, 1.165) is 43.8 Å². The van der Waals surface area contributed by atoms with Crippen LogP contribution in [0.5, 0.6) is 0 Å². The van der Waals surface area contributed by atoms with Gasteiger partial charge in [-0.3, -0.25) is 0 Å². The Labute approximate surface area is 193 Å². The summed E-state index contributed by atoms with van der Waals surface area (Å²) in [7, 11) is -4.57. The van der Waals surface area contributed by atoms with Crippen molar-refractivity contribution in [1.29, 1.82) is 0 Å². The average Bonchev–Trinajstić information content (AvgIpc) is 2.77. The third-order valence-electron chi connectivity index (χ3n) is 5.41. The summed E-state index contributed by atoms with van der Waals surface area (Å²) in [6.45, 7) is 0. The molecule has 0 aliphatic heterocycles. The van der Waals surface area contributed by atoms with E-state index in [2.05, 4.69) is 6.07 Å². The second kappa shape index (κ2) is 8.34. The zero-order valence-electron chi connectivity index (χ0n) is 16.9. The molecule has 0 N–H and O–H groups in total. The molecule has 31 heavy (non-hydrogen) atoms. The van der Waals surface area contributed by atoms with Gasteiger partial charge in [0.15, 0.2) is 0 Å². The van der Waals surface area contributed by atoms with Crippen LogP contribution < -0.4 is 18.9 Å². The molecule has 0 radical (unpaired) electrons. The third kappa shape index (κ3) is 3.80. The Balaban J connectivity index is 0.00000231. The van der Waals surface area contributed by atoms with Gasteiger partial charge in [0.05, 0.1) is 4.90 Å². The molecule has 5 aromatic carbocycles. The molecule has 0 atom stereocenters. The zero-order valence-corrected chi connectivity index (χ0v) is 17.8. The molecule has 0 spiro atoms. The van der Waals surface area contributed by atoms with Crippen molar-refractivity contribution in [2.24, 2.45) is 0 Å². The van der Waals surface area contributed by atoms with Crippen molar-refractivity contribution in [1.82, 2.24) is 0 Å². The Hall–Kier alpha value is -2.87. The van der Waals surface area contributed by atoms with Crippen LogP contribution in [-0.4, -0.2) is 13.0 Å². The largest absolute Gasteiger partial charge is 1.00 e. The van der Waals surface area contributed by atoms with Crippen LogP contribution in [0.4, 0.5) is 0 Å². The van der Waals surface area contributed by atoms with Crippen LogP contribution in [0.1, 0.15) is 0 Å². The van der Waals surface area contributed by atoms with Crippen molar-refractivity contribution >= 4 is 31.7 Å². The van der Waals surface area contributed by atoms with E-state index < -0.39 is 10.1 Å². The van der Waals surface area contributed by atoms with E-state index in [1.165, 1.54) is 12.1 Å². The second-order valence-electron chi connectivity index (χ2n) is 7.19. The third-order valence-corrected chi connectivity index (χ3v) is 6.24. The van der Waals surface area contributed by atoms with E-state index in [4.69, 9.17) is 0 Å². The maximum absolute atomic E-state index is 11.8. The predicted molar refractivity (Wildman–Crippen MR) is 120 cm³/mol. The standard InChI is InChI=1S/C26H18O3S.Li/c27-30(28,29)20-15-16-23-24(17-20)26(19-11-5-2-6-12-19)22-14-8-7-13-21(22)25(23)18-9-3-1-4-10-18;/h1-17H,(H,27,28,29);/q;+1/p-1. The monoisotopic (exact) mass is 416 g/mol. The molecule has 0 fully saturated rings. The van der Waals surface area contributed by atoms with Crippen molar-refractivity contribution in [2.75, 3.05) is 0 Å². The first-order chi connectivity index (χ1) is 14.5. The quantitative estimate of drug-likeness (QED) is 0.258. The first kappa shape index (κ1) is 21.4. The molecule has 0 saturated heterocycles. The molecule has 0 aromatic heterocycles. The van der Waals surface area contributed by atoms with Crippen LogP contribution in [0.15, 0.2) is 108 Å². The van der Waals surface area contributed by atoms with Crippen LogP contribution in [0, 0.1) is 0 Å². The van der Waals surface area contributed by atoms with Crippen LogP contribution in [-0.2, 0) is 10.1 Å². The Bertz CT molecular complexity index is 1500. The van der Waals surface area contributed by atoms with Gasteiger partial charge in [-0.25, -0.2) is 8.42 Å². The zero-order chi connectivity index (χ0) is 20.7. The van der Waals surface area contributed by atoms with Crippen molar-refractivity contribution in [2.45, 2.75) is 4.90 Å². The van der Waals surface area contributed by atoms with Crippen LogP contribution in [0.25, 0.3) is 43.8 Å². The molecular formula is C26H17LiO3S. The Morgan fingerprint density at radius 3 is 1.42 bits per heavy atom. The maximum atomic E-state index is 11.8. The molecule has 0 saturated carbocycles. The van der Waals surface area contributed by atoms with Gasteiger partial charge in [-0.1, -0.05) is 91.0 Å². The van der Waals surface area contributed by atoms with E-state index in [0.29, 0.717) is 0 Å². The fourth-order valence-electron chi connectivity index (χ4n) is 4.14. The molecule has 0 bridgehead atoms. The average molecular weight is 416 g/mol. The van der Waals surface area contributed by atoms with Gasteiger partial charge in [-0.15, -0.1) is 0 Å². The number of hydrogen-bond acceptors (Lipinski definition) is 3. The molecule has 3 nitrogen and oxygen atoms in total. The summed E-state index contributed by atoms with van der Waals surface area (Å²) in [6, 6.07) is 32.7. The fraction of sp³-hybridized carbons (Fsp3) is 0. The molecule has 0 heterocycles. The summed E-state index contributed by atoms with van der Waals surface area (Å²) >= 11 is 0. The van der Waals surface area contributed by atoms with Crippen molar-refractivity contribution in [3.05, 3.63) is 103 Å². The smallest absolute Gasteiger partial charge is 0.744 e. The molecule has 5 aromatic rings. The van der Waals surface area contributed by atoms with E-state index in [-0.39, 0.29) is 23.8 Å². The molecule has 5 rings (SSSR count). The van der Waals surface area contributed by atoms with Crippen molar-refractivity contribution < 1.29 is 31.8 Å². The summed E-state index contributed by atoms with van der Waals surface area (Å²) in [4.78, 5) is -0.221. The van der Waals surface area contributed by atoms with Crippen LogP contribution in [0.2, 0.25) is 0 Å². The number of fused-ring (bicyclic) bond motifs is 2. The van der Waals surface area contributed by atoms with E-state index in [1.807, 2.05) is 78.9 Å². The Morgan fingerprint density at radius 2 is 0.935 bits per heavy atom. The molecular weight excluding hydrogens is 399 g/mol. The molecule has 0 aliphatic rings. The molecule has 146 valence electrons. The van der Waals surface area contributed by atoms with E-state index in [1.54, 1.807) is 6.07 Å². The second-order valence-corrected chi connectivity index (χ2v) is 8.57. The summed E-state index contributed by atoms with van der Waals surface area (Å²) in [5.74, 6) is 0. The van der Waals surface area contributed by atoms with Crippen LogP contribution in [0.3, 0.4) is 0 Å². The number of hydrogen-bond donors (Lipinski definition) is 0. The van der Waals surface area contributed by atoms with Crippen LogP contribution >= 0.6 is 0 Å². The van der Waals surface area contributed by atoms with E-state index in [9.17, 15) is 13.0 Å². The molecule has 0 aliphatic carbocycles. The van der Waals surface area contributed by atoms with Crippen molar-refractivity contribution in [3.63, 3.8) is 0 Å². The van der Waals surface area contributed by atoms with Gasteiger partial charge in [0.1, 0.15) is 10.1 Å². The Kier molecular flexibility index (Phi) is 5.75. The number of benzene rings is 5. The van der Waals surface area contributed by atoms with Gasteiger partial charge < -0.3 is 4.55 Å². The summed E-state index contributed by atoms with van der Waals surface area (Å²) in [6.07, 6.45) is 0. The molecule has 0 unspecified atom stereocenters. The summed E-state index contributed by atoms with van der Waals surface area (Å²) < 4.78 is 35.4. The van der Waals surface area contributed by atoms with Gasteiger partial charge in [0, 0.05) is 0 Å². The predicted octanol–water partition coefficient (Wildman–Crippen LogP) is 3.24. The van der Waals surface area contributed by atoms with Gasteiger partial charge in [-0.05, 0) is 55.9 Å². The van der Waals surface area contributed by atoms with Gasteiger partial charge in [-0.2, -0.15) is 0 Å². The minimum absolute atomic E-state index is 0. The van der Waals surface area contributed by atoms with E-state index >= 15 is 0 Å². The maximum Gasteiger partial charge on any atom is 1.00 e. The minimum Gasteiger partial charge on any atom is -0.744 e. The number of rotatable bonds is 3. The van der Waals surface area contributed by atoms with Gasteiger partial charge in [0.2, 0.25) is 0 Å². The molecule has 5 heteroatoms. The SMILES string of the molecule is O=S(=O)([O-])c1ccc2c(-c3ccccc3)c3ccccc3c(-c3ccccc3)c2c1.[Li+]. The topological polar surface area (TPSA) is 57.2 Å². The summed E-state index contributed by atoms with van der Waals surface area (Å²) in [5, 5.41) is 3.74. The van der Waals surface area contributed by atoms with Crippen molar-refractivity contribution in [3.8, 4) is 22.3 Å². The first-order valence-corrected chi connectivity index (χ1v) is 11.0.